The van der Waals surface area contributed by atoms with E-state index in [2.05, 4.69) is 40.8 Å². The average Bonchev–Trinajstić information content (AvgIpc) is 2.79. The van der Waals surface area contributed by atoms with Crippen LogP contribution in [0.15, 0.2) is 9.98 Å². The Bertz CT molecular complexity index is 286. The van der Waals surface area contributed by atoms with Gasteiger partial charge in [-0.3, -0.25) is 0 Å². The fourth-order valence-electron chi connectivity index (χ4n) is 1.58. The van der Waals surface area contributed by atoms with Gasteiger partial charge in [0, 0.05) is 38.7 Å². The SMILES string of the molecule is CC(/N=C1\SCCN1C)/N=C1\SCCN1C. The van der Waals surface area contributed by atoms with Crippen LogP contribution in [0.2, 0.25) is 0 Å². The normalized spacial score (nSPS) is 26.8. The molecule has 0 aromatic heterocycles. The molecule has 0 aromatic rings. The second-order valence-corrected chi connectivity index (χ2v) is 6.12. The Morgan fingerprint density at radius 2 is 1.44 bits per heavy atom. The number of hydrogen-bond donors (Lipinski definition) is 0. The maximum atomic E-state index is 4.63. The summed E-state index contributed by atoms with van der Waals surface area (Å²) in [5.41, 5.74) is 0. The molecule has 6 heteroatoms. The molecule has 2 fully saturated rings. The van der Waals surface area contributed by atoms with Crippen molar-refractivity contribution in [2.24, 2.45) is 9.98 Å². The molecule has 2 aliphatic rings. The molecule has 2 saturated heterocycles. The zero-order valence-electron chi connectivity index (χ0n) is 10.0. The Labute approximate surface area is 106 Å². The van der Waals surface area contributed by atoms with E-state index in [0.717, 1.165) is 34.9 Å². The summed E-state index contributed by atoms with van der Waals surface area (Å²) in [5.74, 6) is 2.29. The molecule has 0 N–H and O–H groups in total. The first-order chi connectivity index (χ1) is 7.66. The first kappa shape index (κ1) is 12.1. The van der Waals surface area contributed by atoms with Crippen molar-refractivity contribution in [2.45, 2.75) is 13.1 Å². The first-order valence-corrected chi connectivity index (χ1v) is 7.47. The van der Waals surface area contributed by atoms with Gasteiger partial charge in [-0.2, -0.15) is 0 Å². The summed E-state index contributed by atoms with van der Waals surface area (Å²) in [6.45, 7) is 4.25. The highest BCUT2D eigenvalue weighted by Crippen LogP contribution is 2.19. The molecular formula is C10H18N4S2. The smallest absolute Gasteiger partial charge is 0.161 e. The number of thioether (sulfide) groups is 2. The lowest BCUT2D eigenvalue weighted by atomic mass is 10.6. The Morgan fingerprint density at radius 1 is 1.00 bits per heavy atom. The summed E-state index contributed by atoms with van der Waals surface area (Å²) < 4.78 is 0. The fourth-order valence-corrected chi connectivity index (χ4v) is 3.75. The van der Waals surface area contributed by atoms with E-state index < -0.39 is 0 Å². The van der Waals surface area contributed by atoms with Crippen LogP contribution in [0.1, 0.15) is 6.92 Å². The Morgan fingerprint density at radius 3 is 1.75 bits per heavy atom. The van der Waals surface area contributed by atoms with Gasteiger partial charge in [-0.05, 0) is 6.92 Å². The van der Waals surface area contributed by atoms with E-state index in [-0.39, 0.29) is 6.17 Å². The lowest BCUT2D eigenvalue weighted by Crippen LogP contribution is -2.22. The third kappa shape index (κ3) is 2.85. The van der Waals surface area contributed by atoms with Crippen LogP contribution < -0.4 is 0 Å². The van der Waals surface area contributed by atoms with Crippen LogP contribution in [0.25, 0.3) is 0 Å². The number of hydrogen-bond acceptors (Lipinski definition) is 4. The molecule has 0 aromatic carbocycles. The number of amidine groups is 2. The van der Waals surface area contributed by atoms with E-state index in [1.807, 2.05) is 23.5 Å². The zero-order valence-corrected chi connectivity index (χ0v) is 11.6. The minimum absolute atomic E-state index is 0.0334. The van der Waals surface area contributed by atoms with Crippen molar-refractivity contribution in [1.29, 1.82) is 0 Å². The van der Waals surface area contributed by atoms with Crippen LogP contribution in [0.5, 0.6) is 0 Å². The van der Waals surface area contributed by atoms with Gasteiger partial charge >= 0.3 is 0 Å². The molecule has 16 heavy (non-hydrogen) atoms. The van der Waals surface area contributed by atoms with E-state index in [1.54, 1.807) is 0 Å². The molecule has 0 amide bonds. The second-order valence-electron chi connectivity index (χ2n) is 4.00. The Kier molecular flexibility index (Phi) is 4.02. The number of nitrogens with zero attached hydrogens (tertiary/aromatic N) is 4. The molecule has 0 bridgehead atoms. The minimum atomic E-state index is 0.0334. The van der Waals surface area contributed by atoms with E-state index in [0.29, 0.717) is 0 Å². The van der Waals surface area contributed by atoms with E-state index in [9.17, 15) is 0 Å². The molecular weight excluding hydrogens is 240 g/mol. The monoisotopic (exact) mass is 258 g/mol. The molecule has 2 heterocycles. The quantitative estimate of drug-likeness (QED) is 0.749. The molecule has 0 spiro atoms. The van der Waals surface area contributed by atoms with Gasteiger partial charge in [0.05, 0.1) is 0 Å². The van der Waals surface area contributed by atoms with E-state index in [4.69, 9.17) is 0 Å². The lowest BCUT2D eigenvalue weighted by molar-refractivity contribution is 0.548. The summed E-state index contributed by atoms with van der Waals surface area (Å²) in [7, 11) is 4.18. The molecule has 2 rings (SSSR count). The molecule has 0 saturated carbocycles. The maximum Gasteiger partial charge on any atom is 0.161 e. The highest BCUT2D eigenvalue weighted by molar-refractivity contribution is 8.14. The van der Waals surface area contributed by atoms with Gasteiger partial charge in [-0.1, -0.05) is 23.5 Å². The summed E-state index contributed by atoms with van der Waals surface area (Å²) in [6.07, 6.45) is 0.0334. The molecule has 0 unspecified atom stereocenters. The van der Waals surface area contributed by atoms with Gasteiger partial charge in [-0.25, -0.2) is 9.98 Å². The van der Waals surface area contributed by atoms with Crippen LogP contribution >= 0.6 is 23.5 Å². The van der Waals surface area contributed by atoms with Crippen LogP contribution in [0, 0.1) is 0 Å². The second kappa shape index (κ2) is 5.31. The molecule has 0 radical (unpaired) electrons. The van der Waals surface area contributed by atoms with Crippen LogP contribution in [-0.2, 0) is 0 Å². The summed E-state index contributed by atoms with van der Waals surface area (Å²) in [6, 6.07) is 0. The highest BCUT2D eigenvalue weighted by Gasteiger charge is 2.18. The highest BCUT2D eigenvalue weighted by atomic mass is 32.2. The zero-order chi connectivity index (χ0) is 11.5. The van der Waals surface area contributed by atoms with Gasteiger partial charge in [-0.15, -0.1) is 0 Å². The van der Waals surface area contributed by atoms with Crippen molar-refractivity contribution in [2.75, 3.05) is 38.7 Å². The van der Waals surface area contributed by atoms with Crippen LogP contribution in [0.4, 0.5) is 0 Å². The van der Waals surface area contributed by atoms with Gasteiger partial charge < -0.3 is 9.80 Å². The van der Waals surface area contributed by atoms with Gasteiger partial charge in [0.15, 0.2) is 10.3 Å². The van der Waals surface area contributed by atoms with Crippen molar-refractivity contribution in [3.8, 4) is 0 Å². The van der Waals surface area contributed by atoms with E-state index in [1.165, 1.54) is 0 Å². The molecule has 90 valence electrons. The van der Waals surface area contributed by atoms with Crippen molar-refractivity contribution in [3.63, 3.8) is 0 Å². The first-order valence-electron chi connectivity index (χ1n) is 5.50. The fraction of sp³-hybridized carbons (Fsp3) is 0.800. The third-order valence-corrected chi connectivity index (χ3v) is 4.69. The van der Waals surface area contributed by atoms with E-state index >= 15 is 0 Å². The van der Waals surface area contributed by atoms with Crippen molar-refractivity contribution >= 4 is 33.9 Å². The van der Waals surface area contributed by atoms with Gasteiger partial charge in [0.25, 0.3) is 0 Å². The molecule has 2 aliphatic heterocycles. The van der Waals surface area contributed by atoms with Crippen molar-refractivity contribution in [1.82, 2.24) is 9.80 Å². The van der Waals surface area contributed by atoms with Crippen molar-refractivity contribution in [3.05, 3.63) is 0 Å². The summed E-state index contributed by atoms with van der Waals surface area (Å²) >= 11 is 3.65. The summed E-state index contributed by atoms with van der Waals surface area (Å²) in [4.78, 5) is 13.7. The number of rotatable bonds is 2. The third-order valence-electron chi connectivity index (χ3n) is 2.56. The van der Waals surface area contributed by atoms with Gasteiger partial charge in [0.1, 0.15) is 6.17 Å². The topological polar surface area (TPSA) is 31.2 Å². The minimum Gasteiger partial charge on any atom is -0.354 e. The standard InChI is InChI=1S/C10H18N4S2/c1-8(11-9-13(2)4-6-15-9)12-10-14(3)5-7-16-10/h8H,4-7H2,1-3H3/b11-9-,12-10-. The molecule has 0 aliphatic carbocycles. The predicted octanol–water partition coefficient (Wildman–Crippen LogP) is 1.40. The molecule has 4 nitrogen and oxygen atoms in total. The predicted molar refractivity (Wildman–Crippen MR) is 74.5 cm³/mol. The maximum absolute atomic E-state index is 4.63. The Balaban J connectivity index is 2.00. The van der Waals surface area contributed by atoms with Crippen LogP contribution in [0.3, 0.4) is 0 Å². The largest absolute Gasteiger partial charge is 0.354 e. The lowest BCUT2D eigenvalue weighted by Gasteiger charge is -2.13. The molecule has 0 atom stereocenters. The Hall–Kier alpha value is -0.360. The van der Waals surface area contributed by atoms with Crippen molar-refractivity contribution < 1.29 is 0 Å². The summed E-state index contributed by atoms with van der Waals surface area (Å²) in [5, 5.41) is 2.25. The van der Waals surface area contributed by atoms with Crippen LogP contribution in [-0.4, -0.2) is 65.0 Å². The average molecular weight is 258 g/mol. The van der Waals surface area contributed by atoms with Gasteiger partial charge in [0.2, 0.25) is 0 Å². The number of aliphatic imine (C=N–C) groups is 2.